The van der Waals surface area contributed by atoms with E-state index in [0.717, 1.165) is 11.8 Å². The van der Waals surface area contributed by atoms with Crippen LogP contribution in [-0.4, -0.2) is 41.0 Å². The van der Waals surface area contributed by atoms with Crippen molar-refractivity contribution >= 4 is 35.1 Å². The van der Waals surface area contributed by atoms with Gasteiger partial charge < -0.3 is 20.4 Å². The summed E-state index contributed by atoms with van der Waals surface area (Å²) in [4.78, 5) is 47.9. The molecule has 0 spiro atoms. The lowest BCUT2D eigenvalue weighted by Crippen LogP contribution is -2.26. The maximum absolute atomic E-state index is 12.2. The van der Waals surface area contributed by atoms with Gasteiger partial charge in [0.2, 0.25) is 11.8 Å². The minimum absolute atomic E-state index is 0.0358. The Morgan fingerprint density at radius 2 is 1.46 bits per heavy atom. The second kappa shape index (κ2) is 9.31. The van der Waals surface area contributed by atoms with Gasteiger partial charge in [0.15, 0.2) is 0 Å². The molecule has 2 aromatic carbocycles. The SMILES string of the molecule is CN(C(=O)CCCC(=O)Nc1cc(C(=O)O)cc(C(=O)O)c1)c1ccccc1. The molecule has 8 heteroatoms. The van der Waals surface area contributed by atoms with Gasteiger partial charge in [0.1, 0.15) is 0 Å². The fraction of sp³-hybridized carbons (Fsp3) is 0.200. The fourth-order valence-corrected chi connectivity index (χ4v) is 2.53. The van der Waals surface area contributed by atoms with E-state index < -0.39 is 17.8 Å². The number of carbonyl (C=O) groups excluding carboxylic acids is 2. The van der Waals surface area contributed by atoms with Gasteiger partial charge in [0.25, 0.3) is 0 Å². The predicted octanol–water partition coefficient (Wildman–Crippen LogP) is 2.85. The van der Waals surface area contributed by atoms with Gasteiger partial charge >= 0.3 is 11.9 Å². The van der Waals surface area contributed by atoms with Crippen LogP contribution >= 0.6 is 0 Å². The first-order valence-electron chi connectivity index (χ1n) is 8.51. The summed E-state index contributed by atoms with van der Waals surface area (Å²) in [6.45, 7) is 0. The Balaban J connectivity index is 1.91. The van der Waals surface area contributed by atoms with Crippen LogP contribution in [-0.2, 0) is 9.59 Å². The van der Waals surface area contributed by atoms with Gasteiger partial charge in [-0.1, -0.05) is 18.2 Å². The molecule has 0 saturated heterocycles. The topological polar surface area (TPSA) is 124 Å². The summed E-state index contributed by atoms with van der Waals surface area (Å²) in [5, 5.41) is 20.6. The van der Waals surface area contributed by atoms with Crippen molar-refractivity contribution in [2.45, 2.75) is 19.3 Å². The fourth-order valence-electron chi connectivity index (χ4n) is 2.53. The van der Waals surface area contributed by atoms with Gasteiger partial charge in [0.05, 0.1) is 11.1 Å². The van der Waals surface area contributed by atoms with Crippen molar-refractivity contribution < 1.29 is 29.4 Å². The molecule has 0 atom stereocenters. The van der Waals surface area contributed by atoms with Gasteiger partial charge in [0, 0.05) is 31.3 Å². The lowest BCUT2D eigenvalue weighted by atomic mass is 10.1. The molecule has 0 unspecified atom stereocenters. The molecule has 0 aliphatic rings. The Morgan fingerprint density at radius 3 is 2.00 bits per heavy atom. The summed E-state index contributed by atoms with van der Waals surface area (Å²) >= 11 is 0. The third kappa shape index (κ3) is 5.66. The number of benzene rings is 2. The molecule has 2 aromatic rings. The highest BCUT2D eigenvalue weighted by atomic mass is 16.4. The standard InChI is InChI=1S/C20H20N2O6/c1-22(16-6-3-2-4-7-16)18(24)9-5-8-17(23)21-15-11-13(19(25)26)10-14(12-15)20(27)28/h2-4,6-7,10-12H,5,8-9H2,1H3,(H,21,23)(H,25,26)(H,27,28). The van der Waals surface area contributed by atoms with Crippen LogP contribution in [0.3, 0.4) is 0 Å². The van der Waals surface area contributed by atoms with E-state index in [1.54, 1.807) is 19.2 Å². The first kappa shape index (κ1) is 20.6. The van der Waals surface area contributed by atoms with Crippen molar-refractivity contribution in [3.8, 4) is 0 Å². The molecular weight excluding hydrogens is 364 g/mol. The van der Waals surface area contributed by atoms with E-state index in [1.165, 1.54) is 17.0 Å². The highest BCUT2D eigenvalue weighted by Gasteiger charge is 2.14. The third-order valence-electron chi connectivity index (χ3n) is 4.02. The maximum Gasteiger partial charge on any atom is 0.335 e. The molecule has 0 radical (unpaired) electrons. The zero-order valence-corrected chi connectivity index (χ0v) is 15.2. The van der Waals surface area contributed by atoms with E-state index in [9.17, 15) is 19.2 Å². The number of rotatable bonds is 8. The number of carboxylic acid groups (broad SMARTS) is 2. The van der Waals surface area contributed by atoms with Crippen LogP contribution in [0.1, 0.15) is 40.0 Å². The molecule has 146 valence electrons. The van der Waals surface area contributed by atoms with Crippen LogP contribution in [0.25, 0.3) is 0 Å². The average molecular weight is 384 g/mol. The maximum atomic E-state index is 12.2. The first-order valence-corrected chi connectivity index (χ1v) is 8.51. The first-order chi connectivity index (χ1) is 13.3. The molecule has 0 aliphatic carbocycles. The summed E-state index contributed by atoms with van der Waals surface area (Å²) < 4.78 is 0. The summed E-state index contributed by atoms with van der Waals surface area (Å²) in [6.07, 6.45) is 0.495. The molecule has 0 aliphatic heterocycles. The molecule has 2 amide bonds. The van der Waals surface area contributed by atoms with Gasteiger partial charge in [-0.3, -0.25) is 9.59 Å². The van der Waals surface area contributed by atoms with Crippen LogP contribution in [0.5, 0.6) is 0 Å². The summed E-state index contributed by atoms with van der Waals surface area (Å²) in [6, 6.07) is 12.5. The van der Waals surface area contributed by atoms with Gasteiger partial charge in [-0.25, -0.2) is 9.59 Å². The lowest BCUT2D eigenvalue weighted by Gasteiger charge is -2.17. The molecule has 0 saturated carbocycles. The minimum Gasteiger partial charge on any atom is -0.478 e. The van der Waals surface area contributed by atoms with Crippen molar-refractivity contribution in [3.05, 3.63) is 59.7 Å². The Labute approximate surface area is 161 Å². The number of hydrogen-bond donors (Lipinski definition) is 3. The monoisotopic (exact) mass is 384 g/mol. The second-order valence-electron chi connectivity index (χ2n) is 6.10. The van der Waals surface area contributed by atoms with Crippen LogP contribution in [0, 0.1) is 0 Å². The van der Waals surface area contributed by atoms with Crippen LogP contribution < -0.4 is 10.2 Å². The second-order valence-corrected chi connectivity index (χ2v) is 6.10. The van der Waals surface area contributed by atoms with Crippen molar-refractivity contribution in [2.24, 2.45) is 0 Å². The zero-order chi connectivity index (χ0) is 20.7. The summed E-state index contributed by atoms with van der Waals surface area (Å²) in [5.41, 5.74) is 0.350. The number of hydrogen-bond acceptors (Lipinski definition) is 4. The van der Waals surface area contributed by atoms with E-state index >= 15 is 0 Å². The van der Waals surface area contributed by atoms with Gasteiger partial charge in [-0.2, -0.15) is 0 Å². The number of aromatic carboxylic acids is 2. The van der Waals surface area contributed by atoms with Crippen molar-refractivity contribution in [1.29, 1.82) is 0 Å². The van der Waals surface area contributed by atoms with Crippen LogP contribution in [0.4, 0.5) is 11.4 Å². The molecule has 3 N–H and O–H groups in total. The van der Waals surface area contributed by atoms with Gasteiger partial charge in [-0.15, -0.1) is 0 Å². The molecule has 0 bridgehead atoms. The number of anilines is 2. The lowest BCUT2D eigenvalue weighted by molar-refractivity contribution is -0.118. The normalized spacial score (nSPS) is 10.2. The van der Waals surface area contributed by atoms with E-state index in [-0.39, 0.29) is 35.6 Å². The molecule has 0 aromatic heterocycles. The van der Waals surface area contributed by atoms with Crippen molar-refractivity contribution in [2.75, 3.05) is 17.3 Å². The quantitative estimate of drug-likeness (QED) is 0.643. The Morgan fingerprint density at radius 1 is 0.893 bits per heavy atom. The van der Waals surface area contributed by atoms with Crippen LogP contribution in [0.2, 0.25) is 0 Å². The van der Waals surface area contributed by atoms with E-state index in [1.807, 2.05) is 18.2 Å². The van der Waals surface area contributed by atoms with E-state index in [4.69, 9.17) is 10.2 Å². The number of nitrogens with zero attached hydrogens (tertiary/aromatic N) is 1. The third-order valence-corrected chi connectivity index (χ3v) is 4.02. The van der Waals surface area contributed by atoms with Crippen LogP contribution in [0.15, 0.2) is 48.5 Å². The number of nitrogens with one attached hydrogen (secondary N) is 1. The Kier molecular flexibility index (Phi) is 6.86. The average Bonchev–Trinajstić information content (AvgIpc) is 2.67. The minimum atomic E-state index is -1.30. The highest BCUT2D eigenvalue weighted by Crippen LogP contribution is 2.17. The zero-order valence-electron chi connectivity index (χ0n) is 15.2. The number of para-hydroxylation sites is 1. The molecule has 0 heterocycles. The van der Waals surface area contributed by atoms with Crippen molar-refractivity contribution in [3.63, 3.8) is 0 Å². The predicted molar refractivity (Wildman–Crippen MR) is 103 cm³/mol. The number of carbonyl (C=O) groups is 4. The smallest absolute Gasteiger partial charge is 0.335 e. The summed E-state index contributed by atoms with van der Waals surface area (Å²) in [5.74, 6) is -3.17. The molecule has 2 rings (SSSR count). The summed E-state index contributed by atoms with van der Waals surface area (Å²) in [7, 11) is 1.66. The number of amides is 2. The number of carboxylic acids is 2. The largest absolute Gasteiger partial charge is 0.478 e. The Bertz CT molecular complexity index is 863. The Hall–Kier alpha value is -3.68. The molecule has 0 fully saturated rings. The van der Waals surface area contributed by atoms with Crippen molar-refractivity contribution in [1.82, 2.24) is 0 Å². The van der Waals surface area contributed by atoms with Gasteiger partial charge in [-0.05, 0) is 36.8 Å². The molecule has 28 heavy (non-hydrogen) atoms. The van der Waals surface area contributed by atoms with E-state index in [0.29, 0.717) is 6.42 Å². The molecule has 8 nitrogen and oxygen atoms in total. The highest BCUT2D eigenvalue weighted by molar-refractivity contribution is 5.98. The molecular formula is C20H20N2O6. The van der Waals surface area contributed by atoms with E-state index in [2.05, 4.69) is 5.32 Å².